The Kier molecular flexibility index (Phi) is 5.80. The van der Waals surface area contributed by atoms with E-state index >= 15 is 0 Å². The van der Waals surface area contributed by atoms with Crippen molar-refractivity contribution in [2.75, 3.05) is 0 Å². The quantitative estimate of drug-likeness (QED) is 0.685. The van der Waals surface area contributed by atoms with Gasteiger partial charge in [0.05, 0.1) is 11.2 Å². The summed E-state index contributed by atoms with van der Waals surface area (Å²) >= 11 is 5.84. The van der Waals surface area contributed by atoms with Crippen molar-refractivity contribution in [1.29, 1.82) is 0 Å². The lowest BCUT2D eigenvalue weighted by atomic mass is 10.1. The summed E-state index contributed by atoms with van der Waals surface area (Å²) in [6.45, 7) is 2.04. The van der Waals surface area contributed by atoms with E-state index in [2.05, 4.69) is 20.4 Å². The molecule has 8 heteroatoms. The lowest BCUT2D eigenvalue weighted by molar-refractivity contribution is 0.0930. The van der Waals surface area contributed by atoms with Gasteiger partial charge in [0, 0.05) is 36.8 Å². The predicted octanol–water partition coefficient (Wildman–Crippen LogP) is 3.06. The van der Waals surface area contributed by atoms with Crippen LogP contribution in [0.25, 0.3) is 0 Å². The van der Waals surface area contributed by atoms with Gasteiger partial charge < -0.3 is 14.6 Å². The first-order valence-electron chi connectivity index (χ1n) is 7.99. The normalized spacial score (nSPS) is 11.8. The fourth-order valence-corrected chi connectivity index (χ4v) is 2.50. The number of nitrogens with zero attached hydrogens (tertiary/aromatic N) is 3. The van der Waals surface area contributed by atoms with Crippen molar-refractivity contribution in [3.05, 3.63) is 71.1 Å². The van der Waals surface area contributed by atoms with E-state index in [1.807, 2.05) is 19.1 Å². The molecule has 1 atom stereocenters. The molecule has 0 fully saturated rings. The van der Waals surface area contributed by atoms with Gasteiger partial charge in [0.1, 0.15) is 12.4 Å². The van der Waals surface area contributed by atoms with E-state index in [1.54, 1.807) is 24.5 Å². The van der Waals surface area contributed by atoms with Crippen LogP contribution in [0.1, 0.15) is 28.7 Å². The maximum Gasteiger partial charge on any atom is 0.273 e. The van der Waals surface area contributed by atoms with E-state index in [9.17, 15) is 4.79 Å². The second-order valence-corrected chi connectivity index (χ2v) is 6.18. The van der Waals surface area contributed by atoms with Crippen LogP contribution >= 0.6 is 11.6 Å². The largest absolute Gasteiger partial charge is 0.484 e. The highest BCUT2D eigenvalue weighted by Crippen LogP contribution is 2.17. The monoisotopic (exact) mass is 372 g/mol. The van der Waals surface area contributed by atoms with Gasteiger partial charge in [-0.25, -0.2) is 0 Å². The third-order valence-electron chi connectivity index (χ3n) is 3.49. The molecular formula is C18H17ClN4O3. The number of amides is 1. The van der Waals surface area contributed by atoms with Crippen LogP contribution in [-0.2, 0) is 13.0 Å². The summed E-state index contributed by atoms with van der Waals surface area (Å²) in [7, 11) is 0. The molecule has 0 bridgehead atoms. The van der Waals surface area contributed by atoms with Crippen LogP contribution in [-0.4, -0.2) is 27.1 Å². The summed E-state index contributed by atoms with van der Waals surface area (Å²) in [5.74, 6) is 0.626. The van der Waals surface area contributed by atoms with Crippen molar-refractivity contribution in [2.24, 2.45) is 0 Å². The zero-order valence-electron chi connectivity index (χ0n) is 14.1. The van der Waals surface area contributed by atoms with Gasteiger partial charge in [-0.2, -0.15) is 0 Å². The van der Waals surface area contributed by atoms with Crippen molar-refractivity contribution in [3.63, 3.8) is 0 Å². The molecule has 0 aliphatic rings. The number of carbonyl (C=O) groups is 1. The van der Waals surface area contributed by atoms with Crippen LogP contribution in [0.15, 0.2) is 53.6 Å². The smallest absolute Gasteiger partial charge is 0.273 e. The van der Waals surface area contributed by atoms with Gasteiger partial charge in [0.25, 0.3) is 5.91 Å². The molecule has 3 aromatic rings. The highest BCUT2D eigenvalue weighted by atomic mass is 35.5. The van der Waals surface area contributed by atoms with Gasteiger partial charge in [-0.15, -0.1) is 0 Å². The lowest BCUT2D eigenvalue weighted by Gasteiger charge is -2.12. The molecule has 134 valence electrons. The fraction of sp³-hybridized carbons (Fsp3) is 0.222. The van der Waals surface area contributed by atoms with Gasteiger partial charge >= 0.3 is 0 Å². The minimum absolute atomic E-state index is 0.0689. The van der Waals surface area contributed by atoms with Crippen LogP contribution in [0.2, 0.25) is 5.02 Å². The zero-order valence-corrected chi connectivity index (χ0v) is 14.8. The Balaban J connectivity index is 1.52. The van der Waals surface area contributed by atoms with Gasteiger partial charge in [0.2, 0.25) is 0 Å². The molecule has 1 amide bonds. The SMILES string of the molecule is C[C@H](Cc1cccnc1)NC(=O)c1cc(COc2cncc(Cl)c2)on1. The molecule has 3 rings (SSSR count). The third-order valence-corrected chi connectivity index (χ3v) is 3.70. The maximum atomic E-state index is 12.3. The Labute approximate surface area is 155 Å². The maximum absolute atomic E-state index is 12.3. The lowest BCUT2D eigenvalue weighted by Crippen LogP contribution is -2.34. The number of hydrogen-bond donors (Lipinski definition) is 1. The number of halogens is 1. The Morgan fingerprint density at radius 3 is 2.96 bits per heavy atom. The minimum Gasteiger partial charge on any atom is -0.484 e. The Hall–Kier alpha value is -2.93. The molecule has 0 unspecified atom stereocenters. The molecule has 26 heavy (non-hydrogen) atoms. The summed E-state index contributed by atoms with van der Waals surface area (Å²) < 4.78 is 10.6. The molecule has 0 aliphatic heterocycles. The first kappa shape index (κ1) is 17.9. The van der Waals surface area contributed by atoms with Gasteiger partial charge in [-0.1, -0.05) is 22.8 Å². The third kappa shape index (κ3) is 5.03. The Morgan fingerprint density at radius 1 is 1.31 bits per heavy atom. The van der Waals surface area contributed by atoms with Gasteiger partial charge in [-0.3, -0.25) is 14.8 Å². The topological polar surface area (TPSA) is 90.1 Å². The van der Waals surface area contributed by atoms with E-state index in [4.69, 9.17) is 20.9 Å². The number of ether oxygens (including phenoxy) is 1. The number of aromatic nitrogens is 3. The molecule has 7 nitrogen and oxygen atoms in total. The van der Waals surface area contributed by atoms with Crippen molar-refractivity contribution in [3.8, 4) is 5.75 Å². The van der Waals surface area contributed by atoms with Gasteiger partial charge in [0.15, 0.2) is 11.5 Å². The van der Waals surface area contributed by atoms with E-state index < -0.39 is 0 Å². The van der Waals surface area contributed by atoms with Crippen molar-refractivity contribution in [2.45, 2.75) is 26.0 Å². The molecule has 3 heterocycles. The minimum atomic E-state index is -0.305. The predicted molar refractivity (Wildman–Crippen MR) is 95.0 cm³/mol. The van der Waals surface area contributed by atoms with Gasteiger partial charge in [-0.05, 0) is 25.0 Å². The van der Waals surface area contributed by atoms with Crippen LogP contribution in [0.5, 0.6) is 5.75 Å². The van der Waals surface area contributed by atoms with Crippen LogP contribution in [0, 0.1) is 0 Å². The first-order valence-corrected chi connectivity index (χ1v) is 8.36. The second-order valence-electron chi connectivity index (χ2n) is 5.75. The standard InChI is InChI=1S/C18H17ClN4O3/c1-12(5-13-3-2-4-20-8-13)22-18(24)17-7-16(26-23-17)11-25-15-6-14(19)9-21-10-15/h2-4,6-10,12H,5,11H2,1H3,(H,22,24)/t12-/m1/s1. The number of rotatable bonds is 7. The number of carbonyl (C=O) groups excluding carboxylic acids is 1. The molecule has 1 N–H and O–H groups in total. The average molecular weight is 373 g/mol. The van der Waals surface area contributed by atoms with E-state index in [1.165, 1.54) is 12.4 Å². The first-order chi connectivity index (χ1) is 12.6. The van der Waals surface area contributed by atoms with E-state index in [0.29, 0.717) is 23.0 Å². The second kappa shape index (κ2) is 8.44. The highest BCUT2D eigenvalue weighted by Gasteiger charge is 2.15. The number of hydrogen-bond acceptors (Lipinski definition) is 6. The molecule has 0 radical (unpaired) electrons. The van der Waals surface area contributed by atoms with Crippen LogP contribution in [0.4, 0.5) is 0 Å². The van der Waals surface area contributed by atoms with Crippen molar-refractivity contribution < 1.29 is 14.1 Å². The molecule has 0 saturated carbocycles. The molecule has 0 aliphatic carbocycles. The molecule has 0 aromatic carbocycles. The summed E-state index contributed by atoms with van der Waals surface area (Å²) in [5.41, 5.74) is 1.25. The van der Waals surface area contributed by atoms with E-state index in [0.717, 1.165) is 5.56 Å². The van der Waals surface area contributed by atoms with E-state index in [-0.39, 0.29) is 24.2 Å². The fourth-order valence-electron chi connectivity index (χ4n) is 2.33. The zero-order chi connectivity index (χ0) is 18.4. The van der Waals surface area contributed by atoms with Crippen LogP contribution < -0.4 is 10.1 Å². The highest BCUT2D eigenvalue weighted by molar-refractivity contribution is 6.30. The summed E-state index contributed by atoms with van der Waals surface area (Å²) in [6.07, 6.45) is 7.22. The van der Waals surface area contributed by atoms with Crippen molar-refractivity contribution >= 4 is 17.5 Å². The Bertz CT molecular complexity index is 870. The number of pyridine rings is 2. The summed E-state index contributed by atoms with van der Waals surface area (Å²) in [5, 5.41) is 7.14. The summed E-state index contributed by atoms with van der Waals surface area (Å²) in [6, 6.07) is 6.94. The van der Waals surface area contributed by atoms with Crippen molar-refractivity contribution in [1.82, 2.24) is 20.4 Å². The Morgan fingerprint density at radius 2 is 2.19 bits per heavy atom. The molecular weight excluding hydrogens is 356 g/mol. The average Bonchev–Trinajstić information content (AvgIpc) is 3.10. The molecule has 3 aromatic heterocycles. The molecule has 0 saturated heterocycles. The molecule has 0 spiro atoms. The number of nitrogens with one attached hydrogen (secondary N) is 1. The van der Waals surface area contributed by atoms with Crippen LogP contribution in [0.3, 0.4) is 0 Å². The summed E-state index contributed by atoms with van der Waals surface area (Å²) in [4.78, 5) is 20.2.